The lowest BCUT2D eigenvalue weighted by Gasteiger charge is -2.34. The van der Waals surface area contributed by atoms with Crippen molar-refractivity contribution in [2.45, 2.75) is 47.1 Å². The van der Waals surface area contributed by atoms with Gasteiger partial charge in [0.1, 0.15) is 0 Å². The molecule has 0 aromatic heterocycles. The van der Waals surface area contributed by atoms with Crippen molar-refractivity contribution in [1.29, 1.82) is 0 Å². The molecule has 0 radical (unpaired) electrons. The van der Waals surface area contributed by atoms with Gasteiger partial charge in [-0.05, 0) is 39.8 Å². The maximum absolute atomic E-state index is 12.6. The van der Waals surface area contributed by atoms with Crippen molar-refractivity contribution in [1.82, 2.24) is 9.80 Å². The van der Waals surface area contributed by atoms with E-state index < -0.39 is 0 Å². The van der Waals surface area contributed by atoms with Crippen molar-refractivity contribution < 1.29 is 4.79 Å². The van der Waals surface area contributed by atoms with Crippen LogP contribution < -0.4 is 5.73 Å². The summed E-state index contributed by atoms with van der Waals surface area (Å²) in [5.74, 6) is 0.138. The predicted molar refractivity (Wildman–Crippen MR) is 82.0 cm³/mol. The van der Waals surface area contributed by atoms with E-state index in [0.29, 0.717) is 6.54 Å². The maximum atomic E-state index is 12.6. The van der Waals surface area contributed by atoms with E-state index in [4.69, 9.17) is 5.73 Å². The smallest absolute Gasteiger partial charge is 0.227 e. The standard InChI is InChI=1S/C15H33N3O/c1-8-18(12(2)11-17(6)7)14(19)13(10-16)9-15(3,4)5/h12-13H,8-11,16H2,1-7H3. The molecular weight excluding hydrogens is 238 g/mol. The lowest BCUT2D eigenvalue weighted by atomic mass is 9.84. The first-order chi connectivity index (χ1) is 8.62. The van der Waals surface area contributed by atoms with E-state index in [9.17, 15) is 4.79 Å². The van der Waals surface area contributed by atoms with Crippen molar-refractivity contribution in [3.63, 3.8) is 0 Å². The summed E-state index contributed by atoms with van der Waals surface area (Å²) in [6.45, 7) is 12.7. The molecule has 2 atom stereocenters. The lowest BCUT2D eigenvalue weighted by Crippen LogP contribution is -2.48. The molecule has 0 saturated carbocycles. The molecular formula is C15H33N3O. The fraction of sp³-hybridized carbons (Fsp3) is 0.933. The zero-order valence-corrected chi connectivity index (χ0v) is 13.9. The Balaban J connectivity index is 4.79. The molecule has 0 fully saturated rings. The third kappa shape index (κ3) is 6.92. The normalized spacial score (nSPS) is 15.4. The Hall–Kier alpha value is -0.610. The molecule has 0 heterocycles. The summed E-state index contributed by atoms with van der Waals surface area (Å²) in [6, 6.07) is 0.224. The first kappa shape index (κ1) is 18.4. The Kier molecular flexibility index (Phi) is 7.60. The Morgan fingerprint density at radius 3 is 2.11 bits per heavy atom. The van der Waals surface area contributed by atoms with Gasteiger partial charge in [-0.3, -0.25) is 4.79 Å². The van der Waals surface area contributed by atoms with Crippen molar-refractivity contribution in [2.24, 2.45) is 17.1 Å². The minimum absolute atomic E-state index is 0.0652. The topological polar surface area (TPSA) is 49.6 Å². The monoisotopic (exact) mass is 271 g/mol. The van der Waals surface area contributed by atoms with E-state index in [2.05, 4.69) is 32.6 Å². The second-order valence-electron chi connectivity index (χ2n) is 6.93. The van der Waals surface area contributed by atoms with Gasteiger partial charge >= 0.3 is 0 Å². The number of rotatable bonds is 7. The van der Waals surface area contributed by atoms with Gasteiger partial charge in [0.05, 0.1) is 5.92 Å². The summed E-state index contributed by atoms with van der Waals surface area (Å²) in [5.41, 5.74) is 5.95. The summed E-state index contributed by atoms with van der Waals surface area (Å²) in [4.78, 5) is 16.7. The molecule has 0 aliphatic rings. The van der Waals surface area contributed by atoms with E-state index in [1.54, 1.807) is 0 Å². The van der Waals surface area contributed by atoms with Crippen LogP contribution in [0, 0.1) is 11.3 Å². The van der Waals surface area contributed by atoms with Gasteiger partial charge in [-0.2, -0.15) is 0 Å². The number of hydrogen-bond acceptors (Lipinski definition) is 3. The summed E-state index contributed by atoms with van der Waals surface area (Å²) in [7, 11) is 4.06. The molecule has 0 aromatic rings. The Bertz CT molecular complexity index is 271. The summed E-state index contributed by atoms with van der Waals surface area (Å²) in [6.07, 6.45) is 0.841. The predicted octanol–water partition coefficient (Wildman–Crippen LogP) is 1.80. The van der Waals surface area contributed by atoms with Gasteiger partial charge in [-0.1, -0.05) is 20.8 Å². The lowest BCUT2D eigenvalue weighted by molar-refractivity contribution is -0.138. The first-order valence-corrected chi connectivity index (χ1v) is 7.27. The highest BCUT2D eigenvalue weighted by atomic mass is 16.2. The van der Waals surface area contributed by atoms with Gasteiger partial charge in [0.2, 0.25) is 5.91 Å². The second-order valence-corrected chi connectivity index (χ2v) is 6.93. The fourth-order valence-electron chi connectivity index (χ4n) is 2.56. The molecule has 19 heavy (non-hydrogen) atoms. The SMILES string of the molecule is CCN(C(=O)C(CN)CC(C)(C)C)C(C)CN(C)C. The fourth-order valence-corrected chi connectivity index (χ4v) is 2.56. The molecule has 0 rings (SSSR count). The molecule has 2 N–H and O–H groups in total. The number of carbonyl (C=O) groups is 1. The van der Waals surface area contributed by atoms with Crippen LogP contribution in [0.25, 0.3) is 0 Å². The summed E-state index contributed by atoms with van der Waals surface area (Å²) in [5, 5.41) is 0. The molecule has 0 saturated heterocycles. The largest absolute Gasteiger partial charge is 0.339 e. The number of nitrogens with zero attached hydrogens (tertiary/aromatic N) is 2. The maximum Gasteiger partial charge on any atom is 0.227 e. The van der Waals surface area contributed by atoms with Gasteiger partial charge in [0, 0.05) is 25.7 Å². The molecule has 0 spiro atoms. The van der Waals surface area contributed by atoms with Crippen LogP contribution in [0.4, 0.5) is 0 Å². The molecule has 0 aliphatic heterocycles. The Morgan fingerprint density at radius 1 is 1.26 bits per heavy atom. The average molecular weight is 271 g/mol. The minimum atomic E-state index is -0.0652. The van der Waals surface area contributed by atoms with Crippen molar-refractivity contribution in [3.8, 4) is 0 Å². The Morgan fingerprint density at radius 2 is 1.79 bits per heavy atom. The summed E-state index contributed by atoms with van der Waals surface area (Å²) < 4.78 is 0. The van der Waals surface area contributed by atoms with E-state index in [1.807, 2.05) is 25.9 Å². The van der Waals surface area contributed by atoms with Crippen LogP contribution in [0.5, 0.6) is 0 Å². The zero-order valence-electron chi connectivity index (χ0n) is 13.9. The van der Waals surface area contributed by atoms with Crippen LogP contribution in [-0.2, 0) is 4.79 Å². The Labute approximate surface area is 119 Å². The third-order valence-electron chi connectivity index (χ3n) is 3.28. The molecule has 0 aromatic carbocycles. The van der Waals surface area contributed by atoms with Crippen LogP contribution >= 0.6 is 0 Å². The minimum Gasteiger partial charge on any atom is -0.339 e. The molecule has 1 amide bonds. The third-order valence-corrected chi connectivity index (χ3v) is 3.28. The van der Waals surface area contributed by atoms with Gasteiger partial charge in [-0.15, -0.1) is 0 Å². The number of likely N-dealkylation sites (N-methyl/N-ethyl adjacent to an activating group) is 2. The van der Waals surface area contributed by atoms with Crippen LogP contribution in [0.3, 0.4) is 0 Å². The zero-order chi connectivity index (χ0) is 15.2. The van der Waals surface area contributed by atoms with E-state index in [-0.39, 0.29) is 23.3 Å². The highest BCUT2D eigenvalue weighted by Crippen LogP contribution is 2.25. The first-order valence-electron chi connectivity index (χ1n) is 7.27. The van der Waals surface area contributed by atoms with Crippen molar-refractivity contribution in [2.75, 3.05) is 33.7 Å². The van der Waals surface area contributed by atoms with Gasteiger partial charge in [0.15, 0.2) is 0 Å². The summed E-state index contributed by atoms with van der Waals surface area (Å²) >= 11 is 0. The number of carbonyl (C=O) groups excluding carboxylic acids is 1. The molecule has 4 nitrogen and oxygen atoms in total. The van der Waals surface area contributed by atoms with Crippen LogP contribution in [0.2, 0.25) is 0 Å². The number of amides is 1. The average Bonchev–Trinajstić information content (AvgIpc) is 2.24. The highest BCUT2D eigenvalue weighted by Gasteiger charge is 2.29. The van der Waals surface area contributed by atoms with E-state index in [1.165, 1.54) is 0 Å². The van der Waals surface area contributed by atoms with Gasteiger partial charge in [0.25, 0.3) is 0 Å². The van der Waals surface area contributed by atoms with Crippen LogP contribution in [-0.4, -0.2) is 55.5 Å². The quantitative estimate of drug-likeness (QED) is 0.768. The van der Waals surface area contributed by atoms with E-state index >= 15 is 0 Å². The molecule has 2 unspecified atom stereocenters. The van der Waals surface area contributed by atoms with Crippen LogP contribution in [0.15, 0.2) is 0 Å². The van der Waals surface area contributed by atoms with Crippen molar-refractivity contribution >= 4 is 5.91 Å². The van der Waals surface area contributed by atoms with Gasteiger partial charge < -0.3 is 15.5 Å². The van der Waals surface area contributed by atoms with Crippen molar-refractivity contribution in [3.05, 3.63) is 0 Å². The molecule has 114 valence electrons. The van der Waals surface area contributed by atoms with E-state index in [0.717, 1.165) is 19.5 Å². The second kappa shape index (κ2) is 7.85. The molecule has 0 aliphatic carbocycles. The molecule has 4 heteroatoms. The van der Waals surface area contributed by atoms with Crippen LogP contribution in [0.1, 0.15) is 41.0 Å². The number of hydrogen-bond donors (Lipinski definition) is 1. The molecule has 0 bridgehead atoms. The number of nitrogens with two attached hydrogens (primary N) is 1. The van der Waals surface area contributed by atoms with Gasteiger partial charge in [-0.25, -0.2) is 0 Å². The highest BCUT2D eigenvalue weighted by molar-refractivity contribution is 5.79.